The highest BCUT2D eigenvalue weighted by atomic mass is 32.1. The summed E-state index contributed by atoms with van der Waals surface area (Å²) in [5.74, 6) is -0.193. The molecule has 3 rings (SSSR count). The van der Waals surface area contributed by atoms with Crippen molar-refractivity contribution in [3.63, 3.8) is 0 Å². The Morgan fingerprint density at radius 2 is 2.13 bits per heavy atom. The van der Waals surface area contributed by atoms with Crippen molar-refractivity contribution in [2.75, 3.05) is 13.6 Å². The quantitative estimate of drug-likeness (QED) is 0.692. The summed E-state index contributed by atoms with van der Waals surface area (Å²) < 4.78 is 6.09. The molecule has 2 aromatic heterocycles. The second-order valence-electron chi connectivity index (χ2n) is 5.38. The van der Waals surface area contributed by atoms with Gasteiger partial charge in [0.15, 0.2) is 0 Å². The van der Waals surface area contributed by atoms with Crippen molar-refractivity contribution < 1.29 is 9.21 Å². The molecule has 0 bridgehead atoms. The lowest BCUT2D eigenvalue weighted by atomic mass is 10.1. The van der Waals surface area contributed by atoms with Crippen LogP contribution in [0.25, 0.3) is 21.1 Å². The van der Waals surface area contributed by atoms with Gasteiger partial charge in [0.1, 0.15) is 5.58 Å². The van der Waals surface area contributed by atoms with Crippen LogP contribution in [0, 0.1) is 18.3 Å². The molecular formula is C17H14N2O3S. The van der Waals surface area contributed by atoms with Crippen molar-refractivity contribution in [1.82, 2.24) is 4.90 Å². The zero-order valence-corrected chi connectivity index (χ0v) is 13.6. The summed E-state index contributed by atoms with van der Waals surface area (Å²) in [6.07, 6.45) is 0.275. The molecule has 3 aromatic rings. The van der Waals surface area contributed by atoms with Crippen molar-refractivity contribution in [2.24, 2.45) is 0 Å². The molecule has 0 radical (unpaired) electrons. The van der Waals surface area contributed by atoms with Crippen LogP contribution in [0.4, 0.5) is 0 Å². The molecule has 1 aromatic carbocycles. The highest BCUT2D eigenvalue weighted by Crippen LogP contribution is 2.31. The number of carbonyl (C=O) groups is 1. The largest absolute Gasteiger partial charge is 0.422 e. The van der Waals surface area contributed by atoms with Gasteiger partial charge in [-0.25, -0.2) is 4.79 Å². The molecule has 116 valence electrons. The van der Waals surface area contributed by atoms with Gasteiger partial charge in [0.25, 0.3) is 5.91 Å². The maximum atomic E-state index is 12.4. The van der Waals surface area contributed by atoms with Crippen LogP contribution in [0.5, 0.6) is 0 Å². The lowest BCUT2D eigenvalue weighted by Crippen LogP contribution is -2.26. The molecule has 0 saturated carbocycles. The first-order chi connectivity index (χ1) is 11.0. The van der Waals surface area contributed by atoms with Crippen LogP contribution in [0.1, 0.15) is 21.7 Å². The average molecular weight is 326 g/mol. The first-order valence-electron chi connectivity index (χ1n) is 7.10. The summed E-state index contributed by atoms with van der Waals surface area (Å²) in [5, 5.41) is 9.88. The molecule has 2 heterocycles. The van der Waals surface area contributed by atoms with Crippen molar-refractivity contribution in [3.8, 4) is 6.07 Å². The number of aryl methyl sites for hydroxylation is 1. The third kappa shape index (κ3) is 2.71. The second-order valence-corrected chi connectivity index (χ2v) is 6.43. The molecule has 0 unspecified atom stereocenters. The van der Waals surface area contributed by atoms with E-state index in [9.17, 15) is 9.59 Å². The highest BCUT2D eigenvalue weighted by Gasteiger charge is 2.18. The molecule has 0 atom stereocenters. The Labute approximate surface area is 136 Å². The van der Waals surface area contributed by atoms with Crippen LogP contribution in [0.3, 0.4) is 0 Å². The van der Waals surface area contributed by atoms with E-state index in [1.165, 1.54) is 16.2 Å². The minimum atomic E-state index is -0.439. The number of carbonyl (C=O) groups excluding carboxylic acids is 1. The van der Waals surface area contributed by atoms with E-state index in [0.717, 1.165) is 15.6 Å². The van der Waals surface area contributed by atoms with Gasteiger partial charge < -0.3 is 9.32 Å². The van der Waals surface area contributed by atoms with Gasteiger partial charge >= 0.3 is 5.63 Å². The van der Waals surface area contributed by atoms with E-state index in [2.05, 4.69) is 0 Å². The molecule has 0 aliphatic heterocycles. The van der Waals surface area contributed by atoms with Crippen molar-refractivity contribution >= 4 is 38.3 Å². The van der Waals surface area contributed by atoms with Crippen LogP contribution >= 0.6 is 11.3 Å². The van der Waals surface area contributed by atoms with Crippen LogP contribution in [-0.2, 0) is 0 Å². The molecule has 0 aliphatic carbocycles. The van der Waals surface area contributed by atoms with Gasteiger partial charge in [0.2, 0.25) is 0 Å². The van der Waals surface area contributed by atoms with Gasteiger partial charge in [-0.05, 0) is 25.1 Å². The fraction of sp³-hybridized carbons (Fsp3) is 0.235. The van der Waals surface area contributed by atoms with Crippen LogP contribution in [0.15, 0.2) is 33.5 Å². The Kier molecular flexibility index (Phi) is 3.89. The topological polar surface area (TPSA) is 74.3 Å². The molecule has 0 spiro atoms. The fourth-order valence-electron chi connectivity index (χ4n) is 2.42. The monoisotopic (exact) mass is 326 g/mol. The standard InChI is InChI=1S/C17H14N2O3S/c1-10-4-5-13-11(8-10)15-12(17(21)22-13)9-14(23-15)16(20)19(2)7-3-6-18/h4-5,8-9H,3,7H2,1-2H3. The average Bonchev–Trinajstić information content (AvgIpc) is 2.99. The zero-order chi connectivity index (χ0) is 16.6. The number of amides is 1. The number of thiophene rings is 1. The maximum absolute atomic E-state index is 12.4. The van der Waals surface area contributed by atoms with E-state index in [4.69, 9.17) is 9.68 Å². The van der Waals surface area contributed by atoms with E-state index >= 15 is 0 Å². The molecule has 5 nitrogen and oxygen atoms in total. The number of rotatable bonds is 3. The lowest BCUT2D eigenvalue weighted by Gasteiger charge is -2.13. The molecule has 0 aliphatic rings. The zero-order valence-electron chi connectivity index (χ0n) is 12.8. The molecule has 23 heavy (non-hydrogen) atoms. The molecule has 0 saturated heterocycles. The van der Waals surface area contributed by atoms with E-state index in [-0.39, 0.29) is 12.3 Å². The van der Waals surface area contributed by atoms with Crippen molar-refractivity contribution in [3.05, 3.63) is 45.1 Å². The molecular weight excluding hydrogens is 312 g/mol. The van der Waals surface area contributed by atoms with Crippen molar-refractivity contribution in [2.45, 2.75) is 13.3 Å². The summed E-state index contributed by atoms with van der Waals surface area (Å²) in [7, 11) is 1.65. The minimum Gasteiger partial charge on any atom is -0.422 e. The van der Waals surface area contributed by atoms with E-state index in [1.54, 1.807) is 19.2 Å². The predicted molar refractivity (Wildman–Crippen MR) is 89.8 cm³/mol. The van der Waals surface area contributed by atoms with Crippen LogP contribution in [0.2, 0.25) is 0 Å². The first kappa shape index (κ1) is 15.3. The number of benzene rings is 1. The Hall–Kier alpha value is -2.65. The normalized spacial score (nSPS) is 10.8. The third-order valence-corrected chi connectivity index (χ3v) is 4.81. The molecule has 0 N–H and O–H groups in total. The van der Waals surface area contributed by atoms with Gasteiger partial charge in [-0.3, -0.25) is 4.79 Å². The van der Waals surface area contributed by atoms with Gasteiger partial charge in [0, 0.05) is 19.0 Å². The van der Waals surface area contributed by atoms with Crippen molar-refractivity contribution in [1.29, 1.82) is 5.26 Å². The number of fused-ring (bicyclic) bond motifs is 3. The number of hydrogen-bond donors (Lipinski definition) is 0. The van der Waals surface area contributed by atoms with E-state index in [1.807, 2.05) is 25.1 Å². The highest BCUT2D eigenvalue weighted by molar-refractivity contribution is 7.21. The van der Waals surface area contributed by atoms with Gasteiger partial charge in [-0.15, -0.1) is 11.3 Å². The second kappa shape index (κ2) is 5.86. The van der Waals surface area contributed by atoms with Gasteiger partial charge in [-0.2, -0.15) is 5.26 Å². The summed E-state index contributed by atoms with van der Waals surface area (Å²) in [6, 6.07) is 9.20. The predicted octanol–water partition coefficient (Wildman–Crippen LogP) is 3.30. The molecule has 0 fully saturated rings. The Morgan fingerprint density at radius 1 is 1.35 bits per heavy atom. The van der Waals surface area contributed by atoms with E-state index < -0.39 is 5.63 Å². The van der Waals surface area contributed by atoms with Gasteiger partial charge in [-0.1, -0.05) is 11.6 Å². The lowest BCUT2D eigenvalue weighted by molar-refractivity contribution is 0.0803. The Morgan fingerprint density at radius 3 is 2.87 bits per heavy atom. The van der Waals surface area contributed by atoms with Gasteiger partial charge in [0.05, 0.1) is 27.5 Å². The summed E-state index contributed by atoms with van der Waals surface area (Å²) in [6.45, 7) is 2.32. The SMILES string of the molecule is Cc1ccc2oc(=O)c3cc(C(=O)N(C)CCC#N)sc3c2c1. The fourth-order valence-corrected chi connectivity index (χ4v) is 3.58. The summed E-state index contributed by atoms with van der Waals surface area (Å²) >= 11 is 1.29. The minimum absolute atomic E-state index is 0.193. The maximum Gasteiger partial charge on any atom is 0.345 e. The first-order valence-corrected chi connectivity index (χ1v) is 7.92. The Balaban J connectivity index is 2.15. The molecule has 6 heteroatoms. The third-order valence-electron chi connectivity index (χ3n) is 3.65. The number of nitriles is 1. The Bertz CT molecular complexity index is 1010. The smallest absolute Gasteiger partial charge is 0.345 e. The number of hydrogen-bond acceptors (Lipinski definition) is 5. The van der Waals surface area contributed by atoms with Crippen LogP contribution in [-0.4, -0.2) is 24.4 Å². The summed E-state index contributed by atoms with van der Waals surface area (Å²) in [5.41, 5.74) is 1.14. The van der Waals surface area contributed by atoms with E-state index in [0.29, 0.717) is 22.4 Å². The molecule has 1 amide bonds. The number of nitrogens with zero attached hydrogens (tertiary/aromatic N) is 2. The van der Waals surface area contributed by atoms with Crippen LogP contribution < -0.4 is 5.63 Å². The summed E-state index contributed by atoms with van der Waals surface area (Å²) in [4.78, 5) is 26.5.